The van der Waals surface area contributed by atoms with Gasteiger partial charge in [-0.3, -0.25) is 0 Å². The molecule has 0 saturated carbocycles. The molecule has 1 aliphatic rings. The van der Waals surface area contributed by atoms with Gasteiger partial charge in [0.05, 0.1) is 17.6 Å². The van der Waals surface area contributed by atoms with Crippen LogP contribution in [0.4, 0.5) is 4.39 Å². The topological polar surface area (TPSA) is 72.6 Å². The van der Waals surface area contributed by atoms with Crippen LogP contribution in [-0.4, -0.2) is 38.0 Å². The zero-order valence-electron chi connectivity index (χ0n) is 12.3. The minimum absolute atomic E-state index is 0.0358. The first-order chi connectivity index (χ1) is 9.90. The largest absolute Gasteiger partial charge is 0.375 e. The molecule has 0 radical (unpaired) electrons. The van der Waals surface area contributed by atoms with Crippen LogP contribution in [0.15, 0.2) is 23.1 Å². The Hall–Kier alpha value is -1.02. The maximum atomic E-state index is 13.5. The average molecular weight is 316 g/mol. The van der Waals surface area contributed by atoms with Gasteiger partial charge in [-0.1, -0.05) is 6.92 Å². The van der Waals surface area contributed by atoms with E-state index in [1.165, 1.54) is 16.4 Å². The summed E-state index contributed by atoms with van der Waals surface area (Å²) in [7, 11) is -3.67. The first-order valence-corrected chi connectivity index (χ1v) is 8.46. The fourth-order valence-electron chi connectivity index (χ4n) is 2.43. The molecule has 1 aromatic rings. The average Bonchev–Trinajstić information content (AvgIpc) is 2.47. The standard InChI is InChI=1S/C14H21FN2O3S/c1-3-12-9-20-10(2)8-17(12)21(18,19)13-4-5-14(15)11(6-13)7-16/h4-6,10,12H,3,7-9,16H2,1-2H3. The van der Waals surface area contributed by atoms with Crippen LogP contribution in [0.3, 0.4) is 0 Å². The number of hydrogen-bond donors (Lipinski definition) is 1. The van der Waals surface area contributed by atoms with Crippen molar-refractivity contribution in [2.45, 2.75) is 43.9 Å². The van der Waals surface area contributed by atoms with E-state index in [0.717, 1.165) is 6.07 Å². The van der Waals surface area contributed by atoms with Crippen LogP contribution in [0.1, 0.15) is 25.8 Å². The van der Waals surface area contributed by atoms with Crippen LogP contribution in [0.25, 0.3) is 0 Å². The Morgan fingerprint density at radius 2 is 2.19 bits per heavy atom. The summed E-state index contributed by atoms with van der Waals surface area (Å²) in [6.45, 7) is 4.40. The molecule has 2 N–H and O–H groups in total. The molecule has 2 unspecified atom stereocenters. The number of nitrogens with two attached hydrogens (primary N) is 1. The molecule has 1 saturated heterocycles. The Bertz CT molecular complexity index is 606. The number of morpholine rings is 1. The van der Waals surface area contributed by atoms with E-state index < -0.39 is 15.8 Å². The van der Waals surface area contributed by atoms with E-state index in [0.29, 0.717) is 19.6 Å². The second kappa shape index (κ2) is 6.39. The normalized spacial score (nSPS) is 24.2. The molecule has 2 rings (SSSR count). The molecule has 0 spiro atoms. The first-order valence-electron chi connectivity index (χ1n) is 7.02. The van der Waals surface area contributed by atoms with E-state index in [2.05, 4.69) is 0 Å². The highest BCUT2D eigenvalue weighted by Gasteiger charge is 2.35. The molecular weight excluding hydrogens is 295 g/mol. The van der Waals surface area contributed by atoms with Crippen molar-refractivity contribution in [1.82, 2.24) is 4.31 Å². The van der Waals surface area contributed by atoms with Crippen molar-refractivity contribution >= 4 is 10.0 Å². The summed E-state index contributed by atoms with van der Waals surface area (Å²) in [6.07, 6.45) is 0.508. The molecular formula is C14H21FN2O3S. The van der Waals surface area contributed by atoms with Crippen molar-refractivity contribution in [1.29, 1.82) is 0 Å². The molecule has 0 aromatic heterocycles. The van der Waals surface area contributed by atoms with Gasteiger partial charge in [-0.05, 0) is 31.5 Å². The van der Waals surface area contributed by atoms with Crippen molar-refractivity contribution < 1.29 is 17.5 Å². The number of rotatable bonds is 4. The lowest BCUT2D eigenvalue weighted by Crippen LogP contribution is -2.51. The molecule has 1 aliphatic heterocycles. The quantitative estimate of drug-likeness (QED) is 0.913. The minimum Gasteiger partial charge on any atom is -0.375 e. The second-order valence-corrected chi connectivity index (χ2v) is 7.13. The Kier molecular flexibility index (Phi) is 4.98. The zero-order chi connectivity index (χ0) is 15.6. The van der Waals surface area contributed by atoms with Crippen LogP contribution < -0.4 is 5.73 Å². The SMILES string of the molecule is CCC1COC(C)CN1S(=O)(=O)c1ccc(F)c(CN)c1. The van der Waals surface area contributed by atoms with Crippen LogP contribution in [-0.2, 0) is 21.3 Å². The smallest absolute Gasteiger partial charge is 0.243 e. The van der Waals surface area contributed by atoms with Crippen molar-refractivity contribution in [3.05, 3.63) is 29.6 Å². The van der Waals surface area contributed by atoms with Crippen LogP contribution in [0, 0.1) is 5.82 Å². The molecule has 1 heterocycles. The molecule has 0 bridgehead atoms. The number of ether oxygens (including phenoxy) is 1. The molecule has 7 heteroatoms. The Morgan fingerprint density at radius 3 is 2.81 bits per heavy atom. The maximum Gasteiger partial charge on any atom is 0.243 e. The summed E-state index contributed by atoms with van der Waals surface area (Å²) in [6, 6.07) is 3.56. The van der Waals surface area contributed by atoms with Gasteiger partial charge in [0.2, 0.25) is 10.0 Å². The molecule has 118 valence electrons. The Labute approximate surface area is 124 Å². The lowest BCUT2D eigenvalue weighted by molar-refractivity contribution is -0.0230. The molecule has 0 aliphatic carbocycles. The van der Waals surface area contributed by atoms with Crippen LogP contribution in [0.2, 0.25) is 0 Å². The van der Waals surface area contributed by atoms with E-state index >= 15 is 0 Å². The van der Waals surface area contributed by atoms with E-state index in [-0.39, 0.29) is 29.1 Å². The highest BCUT2D eigenvalue weighted by Crippen LogP contribution is 2.25. The minimum atomic E-state index is -3.67. The van der Waals surface area contributed by atoms with Gasteiger partial charge in [0.15, 0.2) is 0 Å². The number of nitrogens with zero attached hydrogens (tertiary/aromatic N) is 1. The van der Waals surface area contributed by atoms with Gasteiger partial charge in [0.25, 0.3) is 0 Å². The van der Waals surface area contributed by atoms with Crippen molar-refractivity contribution in [2.24, 2.45) is 5.73 Å². The third-order valence-electron chi connectivity index (χ3n) is 3.73. The van der Waals surface area contributed by atoms with Gasteiger partial charge in [-0.25, -0.2) is 12.8 Å². The maximum absolute atomic E-state index is 13.5. The van der Waals surface area contributed by atoms with Crippen LogP contribution in [0.5, 0.6) is 0 Å². The van der Waals surface area contributed by atoms with E-state index in [1.54, 1.807) is 0 Å². The zero-order valence-corrected chi connectivity index (χ0v) is 13.1. The van der Waals surface area contributed by atoms with Gasteiger partial charge < -0.3 is 10.5 Å². The van der Waals surface area contributed by atoms with Gasteiger partial charge >= 0.3 is 0 Å². The van der Waals surface area contributed by atoms with Gasteiger partial charge in [0.1, 0.15) is 5.82 Å². The lowest BCUT2D eigenvalue weighted by atomic mass is 10.2. The fraction of sp³-hybridized carbons (Fsp3) is 0.571. The molecule has 0 amide bonds. The third-order valence-corrected chi connectivity index (χ3v) is 5.65. The summed E-state index contributed by atoms with van der Waals surface area (Å²) in [4.78, 5) is 0.0805. The first kappa shape index (κ1) is 16.4. The summed E-state index contributed by atoms with van der Waals surface area (Å²) in [5, 5.41) is 0. The highest BCUT2D eigenvalue weighted by molar-refractivity contribution is 7.89. The number of benzene rings is 1. The Morgan fingerprint density at radius 1 is 1.48 bits per heavy atom. The second-order valence-electron chi connectivity index (χ2n) is 5.24. The van der Waals surface area contributed by atoms with Crippen molar-refractivity contribution in [3.63, 3.8) is 0 Å². The van der Waals surface area contributed by atoms with Gasteiger partial charge in [-0.2, -0.15) is 4.31 Å². The van der Waals surface area contributed by atoms with E-state index in [1.807, 2.05) is 13.8 Å². The summed E-state index contributed by atoms with van der Waals surface area (Å²) >= 11 is 0. The van der Waals surface area contributed by atoms with Gasteiger partial charge in [0, 0.05) is 24.7 Å². The highest BCUT2D eigenvalue weighted by atomic mass is 32.2. The third kappa shape index (κ3) is 3.26. The van der Waals surface area contributed by atoms with E-state index in [4.69, 9.17) is 10.5 Å². The predicted octanol–water partition coefficient (Wildman–Crippen LogP) is 1.47. The number of hydrogen-bond acceptors (Lipinski definition) is 4. The van der Waals surface area contributed by atoms with Gasteiger partial charge in [-0.15, -0.1) is 0 Å². The predicted molar refractivity (Wildman–Crippen MR) is 77.7 cm³/mol. The molecule has 1 aromatic carbocycles. The van der Waals surface area contributed by atoms with Crippen LogP contribution >= 0.6 is 0 Å². The van der Waals surface area contributed by atoms with E-state index in [9.17, 15) is 12.8 Å². The summed E-state index contributed by atoms with van der Waals surface area (Å²) in [5.41, 5.74) is 5.65. The molecule has 1 fully saturated rings. The van der Waals surface area contributed by atoms with Crippen molar-refractivity contribution in [2.75, 3.05) is 13.2 Å². The molecule has 2 atom stereocenters. The number of sulfonamides is 1. The number of halogens is 1. The molecule has 21 heavy (non-hydrogen) atoms. The lowest BCUT2D eigenvalue weighted by Gasteiger charge is -2.37. The Balaban J connectivity index is 2.40. The molecule has 5 nitrogen and oxygen atoms in total. The summed E-state index contributed by atoms with van der Waals surface area (Å²) in [5.74, 6) is -0.487. The van der Waals surface area contributed by atoms with Crippen molar-refractivity contribution in [3.8, 4) is 0 Å². The fourth-order valence-corrected chi connectivity index (χ4v) is 4.24. The monoisotopic (exact) mass is 316 g/mol. The summed E-state index contributed by atoms with van der Waals surface area (Å²) < 4.78 is 46.0.